The molecule has 0 aromatic heterocycles. The van der Waals surface area contributed by atoms with Gasteiger partial charge in [-0.1, -0.05) is 43.9 Å². The van der Waals surface area contributed by atoms with Crippen molar-refractivity contribution < 1.29 is 14.3 Å². The minimum absolute atomic E-state index is 0.0296. The molecule has 0 bridgehead atoms. The highest BCUT2D eigenvalue weighted by Gasteiger charge is 2.38. The fourth-order valence-electron chi connectivity index (χ4n) is 7.67. The van der Waals surface area contributed by atoms with Gasteiger partial charge in [0.25, 0.3) is 0 Å². The fourth-order valence-corrected chi connectivity index (χ4v) is 7.67. The van der Waals surface area contributed by atoms with Gasteiger partial charge in [-0.05, 0) is 111 Å². The number of benzene rings is 1. The van der Waals surface area contributed by atoms with Gasteiger partial charge in [-0.15, -0.1) is 5.48 Å². The summed E-state index contributed by atoms with van der Waals surface area (Å²) in [4.78, 5) is 16.0. The van der Waals surface area contributed by atoms with Crippen molar-refractivity contribution in [3.8, 4) is 0 Å². The summed E-state index contributed by atoms with van der Waals surface area (Å²) in [5.41, 5.74) is 7.17. The van der Waals surface area contributed by atoms with E-state index in [0.29, 0.717) is 17.9 Å². The van der Waals surface area contributed by atoms with Gasteiger partial charge in [0.15, 0.2) is 0 Å². The highest BCUT2D eigenvalue weighted by Crippen LogP contribution is 2.40. The predicted molar refractivity (Wildman–Crippen MR) is 161 cm³/mol. The lowest BCUT2D eigenvalue weighted by atomic mass is 9.80. The Morgan fingerprint density at radius 1 is 1.22 bits per heavy atom. The van der Waals surface area contributed by atoms with Crippen molar-refractivity contribution in [2.45, 2.75) is 89.1 Å². The zero-order chi connectivity index (χ0) is 28.5. The minimum atomic E-state index is -1.10. The molecule has 3 aliphatic heterocycles. The monoisotopic (exact) mass is 563 g/mol. The summed E-state index contributed by atoms with van der Waals surface area (Å²) in [6, 6.07) is 7.27. The molecule has 2 fully saturated rings. The number of likely N-dealkylation sites (tertiary alicyclic amines) is 2. The van der Waals surface area contributed by atoms with Crippen LogP contribution < -0.4 is 21.2 Å². The lowest BCUT2D eigenvalue weighted by Crippen LogP contribution is -2.55. The maximum absolute atomic E-state index is 13.9. The molecule has 8 heteroatoms. The number of fused-ring (bicyclic) bond motifs is 1. The van der Waals surface area contributed by atoms with Crippen molar-refractivity contribution >= 4 is 18.2 Å². The van der Waals surface area contributed by atoms with Crippen molar-refractivity contribution in [2.75, 3.05) is 26.7 Å². The third-order valence-corrected chi connectivity index (χ3v) is 9.88. The molecule has 0 amide bonds. The average Bonchev–Trinajstić information content (AvgIpc) is 3.29. The lowest BCUT2D eigenvalue weighted by molar-refractivity contribution is 0.0675. The summed E-state index contributed by atoms with van der Waals surface area (Å²) in [6.07, 6.45) is 12.7. The number of nitrogens with zero attached hydrogens (tertiary/aromatic N) is 3. The molecule has 0 radical (unpaired) electrons. The van der Waals surface area contributed by atoms with Crippen molar-refractivity contribution in [3.63, 3.8) is 0 Å². The Kier molecular flexibility index (Phi) is 8.63. The quantitative estimate of drug-likeness (QED) is 0.460. The van der Waals surface area contributed by atoms with Crippen LogP contribution in [-0.4, -0.2) is 66.0 Å². The van der Waals surface area contributed by atoms with E-state index in [2.05, 4.69) is 71.5 Å². The second kappa shape index (κ2) is 12.4. The van der Waals surface area contributed by atoms with Crippen molar-refractivity contribution in [1.29, 1.82) is 0 Å². The van der Waals surface area contributed by atoms with Gasteiger partial charge in [-0.25, -0.2) is 9.38 Å². The van der Waals surface area contributed by atoms with Crippen LogP contribution in [0.4, 0.5) is 4.39 Å². The van der Waals surface area contributed by atoms with E-state index in [4.69, 9.17) is 9.83 Å². The second-order valence-corrected chi connectivity index (χ2v) is 12.8. The molecule has 6 atom stereocenters. The smallest absolute Gasteiger partial charge is 0.311 e. The van der Waals surface area contributed by atoms with Gasteiger partial charge < -0.3 is 15.3 Å². The van der Waals surface area contributed by atoms with E-state index in [0.717, 1.165) is 83.1 Å². The van der Waals surface area contributed by atoms with E-state index in [1.807, 2.05) is 0 Å². The van der Waals surface area contributed by atoms with E-state index in [-0.39, 0.29) is 18.2 Å². The van der Waals surface area contributed by atoms with Crippen LogP contribution in [0, 0.1) is 11.8 Å². The predicted octanol–water partition coefficient (Wildman–Crippen LogP) is 3.61. The van der Waals surface area contributed by atoms with E-state index < -0.39 is 11.9 Å². The van der Waals surface area contributed by atoms with Crippen LogP contribution in [0.1, 0.15) is 76.2 Å². The molecule has 1 aromatic carbocycles. The maximum Gasteiger partial charge on any atom is 0.311 e. The zero-order valence-electron chi connectivity index (χ0n) is 24.6. The van der Waals surface area contributed by atoms with Crippen LogP contribution in [0.2, 0.25) is 0 Å². The number of halogens is 1. The number of rotatable bonds is 6. The minimum Gasteiger partial charge on any atom is -0.386 e. The molecule has 3 unspecified atom stereocenters. The third kappa shape index (κ3) is 6.17. The van der Waals surface area contributed by atoms with Crippen LogP contribution in [0.15, 0.2) is 46.9 Å². The zero-order valence-corrected chi connectivity index (χ0v) is 24.6. The van der Waals surface area contributed by atoms with Crippen LogP contribution in [0.3, 0.4) is 0 Å². The summed E-state index contributed by atoms with van der Waals surface area (Å²) in [7, 11) is 2.11. The number of aliphatic imine (C=N–C) groups is 1. The van der Waals surface area contributed by atoms with Gasteiger partial charge in [-0.3, -0.25) is 9.80 Å². The summed E-state index contributed by atoms with van der Waals surface area (Å²) in [6.45, 7) is 8.26. The highest BCUT2D eigenvalue weighted by atomic mass is 19.1. The van der Waals surface area contributed by atoms with Gasteiger partial charge in [0, 0.05) is 18.8 Å². The van der Waals surface area contributed by atoms with Gasteiger partial charge in [-0.2, -0.15) is 0 Å². The molecular formula is C33H46FN5O2. The topological polar surface area (TPSA) is 72.4 Å². The second-order valence-electron chi connectivity index (χ2n) is 12.8. The Hall–Kier alpha value is -2.52. The number of allylic oxidation sites excluding steroid dienone is 1. The number of hydrogen-bond donors (Lipinski definition) is 3. The summed E-state index contributed by atoms with van der Waals surface area (Å²) >= 11 is 0. The molecule has 6 rings (SSSR count). The summed E-state index contributed by atoms with van der Waals surface area (Å²) < 4.78 is 13.9. The van der Waals surface area contributed by atoms with E-state index in [9.17, 15) is 9.50 Å². The molecule has 0 saturated carbocycles. The Morgan fingerprint density at radius 2 is 2.07 bits per heavy atom. The van der Waals surface area contributed by atoms with Crippen LogP contribution in [-0.2, 0) is 4.84 Å². The molecule has 7 nitrogen and oxygen atoms in total. The van der Waals surface area contributed by atoms with Crippen molar-refractivity contribution in [3.05, 3.63) is 57.9 Å². The van der Waals surface area contributed by atoms with Crippen LogP contribution >= 0.6 is 0 Å². The number of nitrogens with one attached hydrogen (secondary N) is 2. The fraction of sp³-hybridized carbons (Fsp3) is 0.606. The Morgan fingerprint density at radius 3 is 2.88 bits per heavy atom. The molecule has 0 spiro atoms. The Labute approximate surface area is 243 Å². The van der Waals surface area contributed by atoms with Gasteiger partial charge >= 0.3 is 6.02 Å². The number of hydrogen-bond acceptors (Lipinski definition) is 7. The molecular weight excluding hydrogens is 517 g/mol. The van der Waals surface area contributed by atoms with Crippen LogP contribution in [0.5, 0.6) is 0 Å². The molecule has 222 valence electrons. The first-order valence-corrected chi connectivity index (χ1v) is 15.6. The van der Waals surface area contributed by atoms with Gasteiger partial charge in [0.05, 0.1) is 6.17 Å². The van der Waals surface area contributed by atoms with Crippen LogP contribution in [0.25, 0.3) is 12.2 Å². The molecule has 41 heavy (non-hydrogen) atoms. The van der Waals surface area contributed by atoms with Crippen molar-refractivity contribution in [1.82, 2.24) is 20.6 Å². The first kappa shape index (κ1) is 28.6. The number of amidine groups is 1. The van der Waals surface area contributed by atoms with Gasteiger partial charge in [0.2, 0.25) is 0 Å². The first-order valence-electron chi connectivity index (χ1n) is 15.6. The summed E-state index contributed by atoms with van der Waals surface area (Å²) in [5.74, 6) is -0.0166. The number of hydroxylamine groups is 1. The SMILES string of the molecule is C=C(F)C(O)[C@@H]1CCN([C@H]2NC(ONC3CCCN3C)=NC3=C2CCC(c2cccc4c2=CCCC=4)C3)C[C@H](C)C1. The molecule has 1 aromatic rings. The van der Waals surface area contributed by atoms with E-state index in [1.165, 1.54) is 21.6 Å². The third-order valence-electron chi connectivity index (χ3n) is 9.88. The number of aliphatic hydroxyl groups is 1. The number of aliphatic hydroxyl groups excluding tert-OH is 1. The van der Waals surface area contributed by atoms with Crippen molar-refractivity contribution in [2.24, 2.45) is 16.8 Å². The first-order chi connectivity index (χ1) is 19.9. The average molecular weight is 564 g/mol. The van der Waals surface area contributed by atoms with Gasteiger partial charge in [0.1, 0.15) is 18.1 Å². The maximum atomic E-state index is 13.9. The molecule has 2 aliphatic carbocycles. The largest absolute Gasteiger partial charge is 0.386 e. The highest BCUT2D eigenvalue weighted by molar-refractivity contribution is 5.77. The standard InChI is InChI=1S/C33H46FN5O2/c1-21-18-25(31(40)22(2)34)15-17-39(20-21)32-28-14-13-24(27-11-6-9-23-8-4-5-10-26(23)27)19-29(28)35-33(36-32)41-37-30-12-7-16-38(30)3/h6,8-11,21,24-25,30-32,37,40H,2,4-5,7,12-20H2,1,3H3,(H,35,36)/t21-,24?,25-,30?,31?,32-/m1/s1. The van der Waals surface area contributed by atoms with E-state index >= 15 is 0 Å². The lowest BCUT2D eigenvalue weighted by Gasteiger charge is -2.40. The molecule has 3 heterocycles. The normalized spacial score (nSPS) is 31.5. The molecule has 5 aliphatic rings. The molecule has 2 saturated heterocycles. The molecule has 3 N–H and O–H groups in total. The Bertz CT molecular complexity index is 1330. The van der Waals surface area contributed by atoms with E-state index in [1.54, 1.807) is 0 Å². The Balaban J connectivity index is 1.27. The summed E-state index contributed by atoms with van der Waals surface area (Å²) in [5, 5.41) is 16.9.